The van der Waals surface area contributed by atoms with E-state index >= 15 is 0 Å². The monoisotopic (exact) mass is 386 g/mol. The summed E-state index contributed by atoms with van der Waals surface area (Å²) < 4.78 is 38.4. The molecule has 1 aromatic heterocycles. The number of halogens is 1. The predicted octanol–water partition coefficient (Wildman–Crippen LogP) is 0.576. The third-order valence-corrected chi connectivity index (χ3v) is 5.73. The highest BCUT2D eigenvalue weighted by Crippen LogP contribution is 2.24. The van der Waals surface area contributed by atoms with E-state index in [4.69, 9.17) is 9.56 Å². The highest BCUT2D eigenvalue weighted by Gasteiger charge is 2.22. The van der Waals surface area contributed by atoms with E-state index in [1.54, 1.807) is 6.26 Å². The van der Waals surface area contributed by atoms with Crippen LogP contribution in [-0.4, -0.2) is 36.6 Å². The molecule has 0 saturated carbocycles. The van der Waals surface area contributed by atoms with Crippen molar-refractivity contribution in [1.29, 1.82) is 0 Å². The van der Waals surface area contributed by atoms with Crippen molar-refractivity contribution < 1.29 is 21.8 Å². The summed E-state index contributed by atoms with van der Waals surface area (Å²) in [5.74, 6) is -0.721. The lowest BCUT2D eigenvalue weighted by Crippen LogP contribution is -2.27. The van der Waals surface area contributed by atoms with Gasteiger partial charge in [-0.1, -0.05) is 6.92 Å². The Balaban J connectivity index is 2.68. The Labute approximate surface area is 127 Å². The Morgan fingerprint density at radius 1 is 1.60 bits per heavy atom. The Morgan fingerprint density at radius 2 is 2.20 bits per heavy atom. The van der Waals surface area contributed by atoms with Crippen LogP contribution in [0.3, 0.4) is 0 Å². The van der Waals surface area contributed by atoms with Crippen LogP contribution in [0.15, 0.2) is 20.0 Å². The van der Waals surface area contributed by atoms with Crippen molar-refractivity contribution in [2.75, 3.05) is 12.8 Å². The second kappa shape index (κ2) is 6.83. The number of furan rings is 1. The zero-order valence-corrected chi connectivity index (χ0v) is 14.1. The number of rotatable bonds is 6. The molecule has 7 nitrogen and oxygen atoms in total. The Morgan fingerprint density at radius 3 is 2.65 bits per heavy atom. The first-order valence-corrected chi connectivity index (χ1v) is 9.51. The molecule has 2 unspecified atom stereocenters. The zero-order chi connectivity index (χ0) is 15.5. The maximum Gasteiger partial charge on any atom is 0.287 e. The van der Waals surface area contributed by atoms with Crippen LogP contribution in [-0.2, 0) is 20.8 Å². The van der Waals surface area contributed by atoms with Crippen molar-refractivity contribution in [3.05, 3.63) is 16.5 Å². The molecule has 1 heterocycles. The van der Waals surface area contributed by atoms with E-state index in [0.717, 1.165) is 6.07 Å². The molecule has 0 fully saturated rings. The molecule has 0 aliphatic rings. The van der Waals surface area contributed by atoms with Crippen LogP contribution in [0, 0.1) is 0 Å². The molecule has 0 bridgehead atoms. The summed E-state index contributed by atoms with van der Waals surface area (Å²) >= 11 is 2.89. The van der Waals surface area contributed by atoms with Gasteiger partial charge in [0.25, 0.3) is 5.91 Å². The van der Waals surface area contributed by atoms with E-state index in [0.29, 0.717) is 13.0 Å². The molecule has 0 aliphatic heterocycles. The van der Waals surface area contributed by atoms with Gasteiger partial charge in [0.1, 0.15) is 4.90 Å². The van der Waals surface area contributed by atoms with Crippen LogP contribution in [0.25, 0.3) is 0 Å². The first kappa shape index (κ1) is 17.3. The van der Waals surface area contributed by atoms with Gasteiger partial charge in [-0.25, -0.2) is 13.6 Å². The van der Waals surface area contributed by atoms with Gasteiger partial charge in [0.05, 0.1) is 0 Å². The SMILES string of the molecule is CC(CCNC(=O)c1cc(S(N)(=O)=O)c(Br)o1)S(C)=O. The molecule has 114 valence electrons. The summed E-state index contributed by atoms with van der Waals surface area (Å²) in [7, 11) is -4.91. The van der Waals surface area contributed by atoms with Gasteiger partial charge in [-0.05, 0) is 22.4 Å². The van der Waals surface area contributed by atoms with Gasteiger partial charge in [-0.15, -0.1) is 0 Å². The smallest absolute Gasteiger partial charge is 0.287 e. The third kappa shape index (κ3) is 4.69. The highest BCUT2D eigenvalue weighted by molar-refractivity contribution is 9.10. The van der Waals surface area contributed by atoms with E-state index in [1.807, 2.05) is 6.92 Å². The van der Waals surface area contributed by atoms with Crippen molar-refractivity contribution in [3.8, 4) is 0 Å². The molecule has 0 aromatic carbocycles. The summed E-state index contributed by atoms with van der Waals surface area (Å²) in [6, 6.07) is 1.05. The van der Waals surface area contributed by atoms with Gasteiger partial charge in [-0.3, -0.25) is 9.00 Å². The molecule has 20 heavy (non-hydrogen) atoms. The first-order valence-electron chi connectivity index (χ1n) is 5.55. The van der Waals surface area contributed by atoms with Crippen LogP contribution in [0.1, 0.15) is 23.9 Å². The van der Waals surface area contributed by atoms with Gasteiger partial charge in [0.2, 0.25) is 10.0 Å². The van der Waals surface area contributed by atoms with Crippen molar-refractivity contribution in [2.24, 2.45) is 5.14 Å². The molecule has 0 radical (unpaired) electrons. The van der Waals surface area contributed by atoms with E-state index < -0.39 is 26.7 Å². The minimum absolute atomic E-state index is 0.0429. The topological polar surface area (TPSA) is 119 Å². The quantitative estimate of drug-likeness (QED) is 0.740. The average molecular weight is 387 g/mol. The minimum Gasteiger partial charge on any atom is -0.443 e. The molecular weight excluding hydrogens is 372 g/mol. The van der Waals surface area contributed by atoms with Gasteiger partial charge in [-0.2, -0.15) is 0 Å². The Bertz CT molecular complexity index is 626. The number of nitrogens with two attached hydrogens (primary N) is 1. The molecule has 0 saturated heterocycles. The minimum atomic E-state index is -3.95. The summed E-state index contributed by atoms with van der Waals surface area (Å²) in [5, 5.41) is 7.47. The van der Waals surface area contributed by atoms with E-state index in [9.17, 15) is 17.4 Å². The van der Waals surface area contributed by atoms with Crippen LogP contribution >= 0.6 is 15.9 Å². The number of amides is 1. The van der Waals surface area contributed by atoms with Crippen LogP contribution < -0.4 is 10.5 Å². The number of carbonyl (C=O) groups excluding carboxylic acids is 1. The average Bonchev–Trinajstić information content (AvgIpc) is 2.70. The Hall–Kier alpha value is -0.710. The van der Waals surface area contributed by atoms with Gasteiger partial charge < -0.3 is 9.73 Å². The van der Waals surface area contributed by atoms with Crippen LogP contribution in [0.4, 0.5) is 0 Å². The summed E-state index contributed by atoms with van der Waals surface area (Å²) in [6.07, 6.45) is 2.13. The molecule has 3 N–H and O–H groups in total. The van der Waals surface area contributed by atoms with Gasteiger partial charge >= 0.3 is 0 Å². The number of primary sulfonamides is 1. The van der Waals surface area contributed by atoms with Crippen molar-refractivity contribution in [1.82, 2.24) is 5.32 Å². The number of hydrogen-bond donors (Lipinski definition) is 2. The normalized spacial score (nSPS) is 14.8. The number of carbonyl (C=O) groups is 1. The molecule has 0 aliphatic carbocycles. The van der Waals surface area contributed by atoms with E-state index in [2.05, 4.69) is 21.2 Å². The van der Waals surface area contributed by atoms with Gasteiger partial charge in [0, 0.05) is 34.9 Å². The second-order valence-corrected chi connectivity index (χ2v) is 8.20. The highest BCUT2D eigenvalue weighted by atomic mass is 79.9. The largest absolute Gasteiger partial charge is 0.443 e. The standard InChI is InChI=1S/C10H15BrN2O5S2/c1-6(19(2)15)3-4-13-10(14)7-5-8(9(11)18-7)20(12,16)17/h5-6H,3-4H2,1-2H3,(H,13,14)(H2,12,16,17). The first-order chi connectivity index (χ1) is 9.12. The summed E-state index contributed by atoms with van der Waals surface area (Å²) in [5.41, 5.74) is 0. The fraction of sp³-hybridized carbons (Fsp3) is 0.500. The van der Waals surface area contributed by atoms with E-state index in [-0.39, 0.29) is 20.6 Å². The number of hydrogen-bond acceptors (Lipinski definition) is 5. The fourth-order valence-corrected chi connectivity index (χ4v) is 3.25. The molecule has 1 amide bonds. The Kier molecular flexibility index (Phi) is 5.92. The zero-order valence-electron chi connectivity index (χ0n) is 10.9. The van der Waals surface area contributed by atoms with Crippen LogP contribution in [0.2, 0.25) is 0 Å². The maximum absolute atomic E-state index is 11.8. The summed E-state index contributed by atoms with van der Waals surface area (Å²) in [4.78, 5) is 11.5. The van der Waals surface area contributed by atoms with Crippen molar-refractivity contribution in [3.63, 3.8) is 0 Å². The molecule has 1 rings (SSSR count). The number of sulfonamides is 1. The van der Waals surface area contributed by atoms with E-state index in [1.165, 1.54) is 0 Å². The third-order valence-electron chi connectivity index (χ3n) is 2.59. The molecule has 2 atom stereocenters. The number of nitrogens with one attached hydrogen (secondary N) is 1. The molecule has 0 spiro atoms. The predicted molar refractivity (Wildman–Crippen MR) is 78.3 cm³/mol. The molecule has 1 aromatic rings. The van der Waals surface area contributed by atoms with Crippen molar-refractivity contribution in [2.45, 2.75) is 23.5 Å². The van der Waals surface area contributed by atoms with Crippen LogP contribution in [0.5, 0.6) is 0 Å². The lowest BCUT2D eigenvalue weighted by Gasteiger charge is -2.08. The summed E-state index contributed by atoms with van der Waals surface area (Å²) in [6.45, 7) is 2.12. The second-order valence-electron chi connectivity index (χ2n) is 4.15. The maximum atomic E-state index is 11.8. The lowest BCUT2D eigenvalue weighted by molar-refractivity contribution is 0.0924. The molecule has 10 heteroatoms. The van der Waals surface area contributed by atoms with Crippen molar-refractivity contribution >= 4 is 42.7 Å². The lowest BCUT2D eigenvalue weighted by atomic mass is 10.3. The fourth-order valence-electron chi connectivity index (χ4n) is 1.30. The van der Waals surface area contributed by atoms with Gasteiger partial charge in [0.15, 0.2) is 10.4 Å². The molecular formula is C10H15BrN2O5S2.